The lowest BCUT2D eigenvalue weighted by Gasteiger charge is -2.42. The molecule has 1 aliphatic heterocycles. The predicted molar refractivity (Wildman–Crippen MR) is 209 cm³/mol. The maximum absolute atomic E-state index is 15.0. The molecule has 1 heterocycles. The molecular formula is C38H55BN6O14. The molecule has 0 aromatic heterocycles. The van der Waals surface area contributed by atoms with Gasteiger partial charge < -0.3 is 52.0 Å². The van der Waals surface area contributed by atoms with E-state index in [0.717, 1.165) is 0 Å². The first-order valence-corrected chi connectivity index (χ1v) is 19.1. The molecular weight excluding hydrogens is 775 g/mol. The first-order valence-electron chi connectivity index (χ1n) is 19.1. The van der Waals surface area contributed by atoms with Gasteiger partial charge in [-0.05, 0) is 61.7 Å². The molecule has 0 radical (unpaired) electrons. The monoisotopic (exact) mass is 830 g/mol. The van der Waals surface area contributed by atoms with E-state index < -0.39 is 128 Å². The minimum Gasteiger partial charge on any atom is -0.481 e. The van der Waals surface area contributed by atoms with E-state index in [4.69, 9.17) is 20.9 Å². The van der Waals surface area contributed by atoms with Crippen LogP contribution in [0.4, 0.5) is 0 Å². The summed E-state index contributed by atoms with van der Waals surface area (Å²) in [6.45, 7) is 6.41. The fourth-order valence-corrected chi connectivity index (χ4v) is 6.42. The van der Waals surface area contributed by atoms with Gasteiger partial charge in [0.25, 0.3) is 5.91 Å². The minimum absolute atomic E-state index is 0.0112. The summed E-state index contributed by atoms with van der Waals surface area (Å²) in [7, 11) is -1.55. The summed E-state index contributed by atoms with van der Waals surface area (Å²) in [5.41, 5.74) is 5.56. The Hall–Kier alpha value is -5.67. The number of allylic oxidation sites excluding steroid dienone is 1. The predicted octanol–water partition coefficient (Wildman–Crippen LogP) is -0.708. The van der Waals surface area contributed by atoms with Gasteiger partial charge in [-0.15, -0.1) is 0 Å². The molecule has 5 atom stereocenters. The first kappa shape index (κ1) is 49.5. The molecule has 6 amide bonds. The third-order valence-corrected chi connectivity index (χ3v) is 9.46. The Morgan fingerprint density at radius 3 is 2.12 bits per heavy atom. The highest BCUT2D eigenvalue weighted by Gasteiger charge is 2.49. The Morgan fingerprint density at radius 1 is 0.915 bits per heavy atom. The fourth-order valence-electron chi connectivity index (χ4n) is 6.42. The Kier molecular flexibility index (Phi) is 19.3. The van der Waals surface area contributed by atoms with Crippen LogP contribution >= 0.6 is 0 Å². The Bertz CT molecular complexity index is 1750. The van der Waals surface area contributed by atoms with Gasteiger partial charge in [0.2, 0.25) is 29.5 Å². The van der Waals surface area contributed by atoms with Gasteiger partial charge in [-0.3, -0.25) is 48.1 Å². The summed E-state index contributed by atoms with van der Waals surface area (Å²) in [6, 6.07) is -1.04. The zero-order valence-electron chi connectivity index (χ0n) is 33.6. The summed E-state index contributed by atoms with van der Waals surface area (Å²) < 4.78 is 0. The molecule has 0 unspecified atom stereocenters. The number of carbonyl (C=O) groups excluding carboxylic acids is 6. The van der Waals surface area contributed by atoms with E-state index >= 15 is 0 Å². The third-order valence-electron chi connectivity index (χ3n) is 9.46. The standard InChI is InChI=1S/C38H55BN6O14/c1-22-10-5-6-11-23(22)20-26(43-34(54)25(13-15-29(47)48)42-33(53)24(40)21-31(51)52)36(56)45(28(46)14-16-30(49)50)32(38(2,3)4)37(57)44-19-9-12-27(44)35(55)41-18-8-7-17-39(58)59/h5-6,8,10-11,18,24-27,32,58-59H,7,9,12-17,19-21,40H2,1-4H3,(H,41,55)(H,42,53)(H,43,54)(H,47,48)(H,49,50)(H,51,52)/t24-,25-,26-,27-,32+/m0/s1. The molecule has 2 rings (SSSR count). The molecule has 21 heteroatoms. The summed E-state index contributed by atoms with van der Waals surface area (Å²) in [4.78, 5) is 120. The molecule has 0 saturated carbocycles. The summed E-state index contributed by atoms with van der Waals surface area (Å²) in [6.07, 6.45) is -0.209. The minimum atomic E-state index is -1.70. The second kappa shape index (κ2) is 23.1. The molecule has 1 aromatic rings. The number of aliphatic carboxylic acids is 3. The Balaban J connectivity index is 2.68. The molecule has 59 heavy (non-hydrogen) atoms. The van der Waals surface area contributed by atoms with Gasteiger partial charge in [0.05, 0.1) is 18.9 Å². The number of hydrogen-bond acceptors (Lipinski definition) is 12. The van der Waals surface area contributed by atoms with Gasteiger partial charge in [-0.2, -0.15) is 0 Å². The number of carboxylic acid groups (broad SMARTS) is 3. The molecule has 20 nitrogen and oxygen atoms in total. The van der Waals surface area contributed by atoms with E-state index in [1.807, 2.05) is 0 Å². The van der Waals surface area contributed by atoms with E-state index in [-0.39, 0.29) is 32.1 Å². The summed E-state index contributed by atoms with van der Waals surface area (Å²) in [5, 5.41) is 53.4. The van der Waals surface area contributed by atoms with Crippen molar-refractivity contribution in [3.05, 3.63) is 47.7 Å². The average Bonchev–Trinajstić information content (AvgIpc) is 3.63. The van der Waals surface area contributed by atoms with Crippen LogP contribution in [0.15, 0.2) is 36.5 Å². The third kappa shape index (κ3) is 15.9. The van der Waals surface area contributed by atoms with E-state index in [2.05, 4.69) is 16.0 Å². The Labute approximate surface area is 341 Å². The highest BCUT2D eigenvalue weighted by atomic mass is 16.4. The Morgan fingerprint density at radius 2 is 1.54 bits per heavy atom. The van der Waals surface area contributed by atoms with E-state index in [9.17, 15) is 53.4 Å². The number of nitrogens with two attached hydrogens (primary N) is 1. The molecule has 324 valence electrons. The highest BCUT2D eigenvalue weighted by molar-refractivity contribution is 6.40. The maximum atomic E-state index is 15.0. The molecule has 0 bridgehead atoms. The van der Waals surface area contributed by atoms with Crippen LogP contribution in [0, 0.1) is 12.3 Å². The van der Waals surface area contributed by atoms with Gasteiger partial charge in [0.15, 0.2) is 0 Å². The number of benzene rings is 1. The molecule has 1 aliphatic rings. The lowest BCUT2D eigenvalue weighted by molar-refractivity contribution is -0.162. The average molecular weight is 831 g/mol. The van der Waals surface area contributed by atoms with Crippen molar-refractivity contribution in [2.24, 2.45) is 11.1 Å². The van der Waals surface area contributed by atoms with Crippen LogP contribution in [0.25, 0.3) is 0 Å². The number of likely N-dealkylation sites (tertiary alicyclic amines) is 1. The maximum Gasteiger partial charge on any atom is 0.451 e. The van der Waals surface area contributed by atoms with Crippen molar-refractivity contribution < 1.29 is 68.5 Å². The normalized spacial score (nSPS) is 16.0. The van der Waals surface area contributed by atoms with E-state index in [0.29, 0.717) is 22.4 Å². The van der Waals surface area contributed by atoms with Gasteiger partial charge in [-0.1, -0.05) is 51.1 Å². The van der Waals surface area contributed by atoms with Crippen LogP contribution in [0.5, 0.6) is 0 Å². The largest absolute Gasteiger partial charge is 0.481 e. The van der Waals surface area contributed by atoms with Crippen molar-refractivity contribution in [2.75, 3.05) is 6.54 Å². The number of hydrogen-bond donors (Lipinski definition) is 9. The summed E-state index contributed by atoms with van der Waals surface area (Å²) >= 11 is 0. The van der Waals surface area contributed by atoms with Crippen LogP contribution in [0.1, 0.15) is 83.3 Å². The number of carbonyl (C=O) groups is 9. The number of amides is 6. The number of nitrogens with zero attached hydrogens (tertiary/aromatic N) is 2. The molecule has 0 spiro atoms. The van der Waals surface area contributed by atoms with Gasteiger partial charge in [0.1, 0.15) is 24.2 Å². The van der Waals surface area contributed by atoms with Crippen molar-refractivity contribution in [1.29, 1.82) is 0 Å². The first-order chi connectivity index (χ1) is 27.5. The molecule has 10 N–H and O–H groups in total. The van der Waals surface area contributed by atoms with Crippen molar-refractivity contribution in [2.45, 2.75) is 122 Å². The smallest absolute Gasteiger partial charge is 0.451 e. The van der Waals surface area contributed by atoms with Crippen molar-refractivity contribution in [3.8, 4) is 0 Å². The number of imide groups is 1. The molecule has 1 saturated heterocycles. The highest BCUT2D eigenvalue weighted by Crippen LogP contribution is 2.31. The van der Waals surface area contributed by atoms with Crippen LogP contribution < -0.4 is 21.7 Å². The van der Waals surface area contributed by atoms with E-state index in [1.165, 1.54) is 17.2 Å². The molecule has 1 fully saturated rings. The number of aryl methyl sites for hydroxylation is 1. The van der Waals surface area contributed by atoms with Crippen molar-refractivity contribution in [3.63, 3.8) is 0 Å². The van der Waals surface area contributed by atoms with Crippen LogP contribution in [0.3, 0.4) is 0 Å². The zero-order valence-corrected chi connectivity index (χ0v) is 33.6. The quantitative estimate of drug-likeness (QED) is 0.0652. The number of carboxylic acids is 3. The van der Waals surface area contributed by atoms with Gasteiger partial charge >= 0.3 is 25.0 Å². The van der Waals surface area contributed by atoms with Gasteiger partial charge in [-0.25, -0.2) is 0 Å². The van der Waals surface area contributed by atoms with E-state index in [1.54, 1.807) is 52.0 Å². The second-order valence-electron chi connectivity index (χ2n) is 15.3. The SMILES string of the molecule is Cc1ccccc1C[C@H](NC(=O)[C@H](CCC(=O)O)NC(=O)[C@@H](N)CC(=O)O)C(=O)N(C(=O)CCC(=O)O)[C@H](C(=O)N1CCC[C@H]1C(=O)NC=CCCB(O)O)C(C)(C)C. The van der Waals surface area contributed by atoms with Gasteiger partial charge in [0, 0.05) is 25.8 Å². The van der Waals surface area contributed by atoms with Crippen LogP contribution in [0.2, 0.25) is 6.32 Å². The van der Waals surface area contributed by atoms with Crippen LogP contribution in [-0.2, 0) is 49.6 Å². The summed E-state index contributed by atoms with van der Waals surface area (Å²) in [5.74, 6) is -10.0. The van der Waals surface area contributed by atoms with Crippen LogP contribution in [-0.4, -0.2) is 132 Å². The van der Waals surface area contributed by atoms with Crippen molar-refractivity contribution >= 4 is 60.5 Å². The second-order valence-corrected chi connectivity index (χ2v) is 15.3. The molecule has 0 aliphatic carbocycles. The number of rotatable bonds is 22. The number of nitrogens with one attached hydrogen (secondary N) is 3. The zero-order chi connectivity index (χ0) is 44.6. The molecule has 1 aromatic carbocycles. The lowest BCUT2D eigenvalue weighted by atomic mass is 9.83. The topological polar surface area (TPSA) is 323 Å². The fraction of sp³-hybridized carbons (Fsp3) is 0.553. The van der Waals surface area contributed by atoms with Crippen molar-refractivity contribution in [1.82, 2.24) is 25.8 Å². The lowest BCUT2D eigenvalue weighted by Crippen LogP contribution is -2.64.